The number of halogens is 3. The molecule has 0 saturated carbocycles. The molecule has 116 valence electrons. The molecule has 0 fully saturated rings. The second kappa shape index (κ2) is 5.59. The van der Waals surface area contributed by atoms with Gasteiger partial charge in [-0.15, -0.1) is 0 Å². The highest BCUT2D eigenvalue weighted by Gasteiger charge is 2.39. The van der Waals surface area contributed by atoms with Crippen LogP contribution in [0.4, 0.5) is 13.2 Å². The number of alkyl halides is 3. The highest BCUT2D eigenvalue weighted by atomic mass is 19.4. The van der Waals surface area contributed by atoms with Crippen molar-refractivity contribution in [2.75, 3.05) is 0 Å². The van der Waals surface area contributed by atoms with E-state index in [-0.39, 0.29) is 11.0 Å². The summed E-state index contributed by atoms with van der Waals surface area (Å²) in [7, 11) is 0. The molecule has 0 aliphatic carbocycles. The van der Waals surface area contributed by atoms with Crippen LogP contribution in [0.15, 0.2) is 48.5 Å². The maximum atomic E-state index is 12.5. The Morgan fingerprint density at radius 3 is 1.95 bits per heavy atom. The van der Waals surface area contributed by atoms with Crippen LogP contribution in [0.25, 0.3) is 11.1 Å². The van der Waals surface area contributed by atoms with Gasteiger partial charge in [0.2, 0.25) is 0 Å². The largest absolute Gasteiger partial charge is 0.454 e. The number of carbonyl (C=O) groups excluding carboxylic acids is 1. The molecule has 0 aromatic heterocycles. The third kappa shape index (κ3) is 3.56. The molecule has 0 atom stereocenters. The molecule has 0 aliphatic heterocycles. The van der Waals surface area contributed by atoms with E-state index >= 15 is 0 Å². The number of carbonyl (C=O) groups is 1. The minimum Gasteiger partial charge on any atom is -0.284 e. The first kappa shape index (κ1) is 16.3. The molecule has 0 spiro atoms. The molecule has 0 bridgehead atoms. The number of Topliss-reactive ketones (excluding diaryl/α,β-unsaturated/α-hetero) is 1. The van der Waals surface area contributed by atoms with E-state index in [1.54, 1.807) is 6.07 Å². The van der Waals surface area contributed by atoms with Crippen LogP contribution in [0.1, 0.15) is 36.7 Å². The summed E-state index contributed by atoms with van der Waals surface area (Å²) < 4.78 is 37.5. The molecular weight excluding hydrogens is 289 g/mol. The van der Waals surface area contributed by atoms with Crippen molar-refractivity contribution < 1.29 is 18.0 Å². The average molecular weight is 306 g/mol. The van der Waals surface area contributed by atoms with Crippen molar-refractivity contribution in [2.24, 2.45) is 0 Å². The van der Waals surface area contributed by atoms with Gasteiger partial charge < -0.3 is 0 Å². The van der Waals surface area contributed by atoms with E-state index in [2.05, 4.69) is 20.8 Å². The van der Waals surface area contributed by atoms with Crippen molar-refractivity contribution >= 4 is 5.78 Å². The molecule has 2 aromatic carbocycles. The van der Waals surface area contributed by atoms with Gasteiger partial charge in [-0.05, 0) is 28.2 Å². The number of hydrogen-bond acceptors (Lipinski definition) is 1. The van der Waals surface area contributed by atoms with Crippen molar-refractivity contribution in [1.29, 1.82) is 0 Å². The maximum absolute atomic E-state index is 12.5. The summed E-state index contributed by atoms with van der Waals surface area (Å²) in [5.74, 6) is -1.82. The summed E-state index contributed by atoms with van der Waals surface area (Å²) in [6.45, 7) is 6.26. The van der Waals surface area contributed by atoms with Crippen LogP contribution < -0.4 is 0 Å². The van der Waals surface area contributed by atoms with Crippen LogP contribution in [0, 0.1) is 0 Å². The fourth-order valence-corrected chi connectivity index (χ4v) is 2.17. The van der Waals surface area contributed by atoms with Gasteiger partial charge in [0.1, 0.15) is 0 Å². The Hall–Kier alpha value is -2.10. The smallest absolute Gasteiger partial charge is 0.284 e. The zero-order valence-corrected chi connectivity index (χ0v) is 12.7. The summed E-state index contributed by atoms with van der Waals surface area (Å²) in [5, 5.41) is 0. The quantitative estimate of drug-likeness (QED) is 0.679. The van der Waals surface area contributed by atoms with Crippen LogP contribution in [-0.2, 0) is 5.41 Å². The first-order chi connectivity index (χ1) is 10.1. The van der Waals surface area contributed by atoms with Crippen LogP contribution in [0.2, 0.25) is 0 Å². The van der Waals surface area contributed by atoms with Gasteiger partial charge in [-0.2, -0.15) is 13.2 Å². The lowest BCUT2D eigenvalue weighted by molar-refractivity contribution is -0.0885. The standard InChI is InChI=1S/C18H17F3O/c1-17(2,3)15-9-7-12(8-10-15)13-5-4-6-14(11-13)16(22)18(19,20)21/h4-11H,1-3H3. The van der Waals surface area contributed by atoms with Gasteiger partial charge in [0.15, 0.2) is 0 Å². The Morgan fingerprint density at radius 1 is 0.864 bits per heavy atom. The second-order valence-corrected chi connectivity index (χ2v) is 6.24. The molecule has 2 aromatic rings. The lowest BCUT2D eigenvalue weighted by Gasteiger charge is -2.19. The molecule has 22 heavy (non-hydrogen) atoms. The van der Waals surface area contributed by atoms with Gasteiger partial charge in [0.25, 0.3) is 5.78 Å². The molecule has 2 rings (SSSR count). The maximum Gasteiger partial charge on any atom is 0.454 e. The monoisotopic (exact) mass is 306 g/mol. The fourth-order valence-electron chi connectivity index (χ4n) is 2.17. The van der Waals surface area contributed by atoms with Crippen LogP contribution in [0.3, 0.4) is 0 Å². The van der Waals surface area contributed by atoms with E-state index in [1.807, 2.05) is 24.3 Å². The predicted molar refractivity (Wildman–Crippen MR) is 81.0 cm³/mol. The number of ketones is 1. The Balaban J connectivity index is 2.36. The SMILES string of the molecule is CC(C)(C)c1ccc(-c2cccc(C(=O)C(F)(F)F)c2)cc1. The molecule has 0 unspecified atom stereocenters. The van der Waals surface area contributed by atoms with E-state index in [0.29, 0.717) is 5.56 Å². The van der Waals surface area contributed by atoms with E-state index < -0.39 is 12.0 Å². The third-order valence-electron chi connectivity index (χ3n) is 3.47. The third-order valence-corrected chi connectivity index (χ3v) is 3.47. The normalized spacial score (nSPS) is 12.3. The summed E-state index contributed by atoms with van der Waals surface area (Å²) in [5.41, 5.74) is 2.18. The van der Waals surface area contributed by atoms with Crippen LogP contribution >= 0.6 is 0 Å². The summed E-state index contributed by atoms with van der Waals surface area (Å²) in [4.78, 5) is 11.3. The first-order valence-electron chi connectivity index (χ1n) is 6.91. The minimum absolute atomic E-state index is 0.00658. The highest BCUT2D eigenvalue weighted by Crippen LogP contribution is 2.28. The van der Waals surface area contributed by atoms with Gasteiger partial charge in [-0.3, -0.25) is 4.79 Å². The van der Waals surface area contributed by atoms with Crippen molar-refractivity contribution in [1.82, 2.24) is 0 Å². The average Bonchev–Trinajstić information content (AvgIpc) is 2.45. The van der Waals surface area contributed by atoms with Crippen molar-refractivity contribution in [2.45, 2.75) is 32.4 Å². The zero-order valence-electron chi connectivity index (χ0n) is 12.7. The van der Waals surface area contributed by atoms with E-state index in [9.17, 15) is 18.0 Å². The van der Waals surface area contributed by atoms with Gasteiger partial charge in [0.05, 0.1) is 0 Å². The van der Waals surface area contributed by atoms with Gasteiger partial charge in [0, 0.05) is 5.56 Å². The number of benzene rings is 2. The molecule has 0 aliphatic rings. The highest BCUT2D eigenvalue weighted by molar-refractivity contribution is 6.01. The molecule has 0 amide bonds. The second-order valence-electron chi connectivity index (χ2n) is 6.24. The predicted octanol–water partition coefficient (Wildman–Crippen LogP) is 5.40. The molecule has 1 nitrogen and oxygen atoms in total. The minimum atomic E-state index is -4.85. The zero-order chi connectivity index (χ0) is 16.5. The first-order valence-corrected chi connectivity index (χ1v) is 6.91. The van der Waals surface area contributed by atoms with E-state index in [4.69, 9.17) is 0 Å². The van der Waals surface area contributed by atoms with Gasteiger partial charge in [-0.1, -0.05) is 63.2 Å². The summed E-state index contributed by atoms with van der Waals surface area (Å²) >= 11 is 0. The van der Waals surface area contributed by atoms with Crippen molar-refractivity contribution in [3.05, 3.63) is 59.7 Å². The Bertz CT molecular complexity index is 677. The van der Waals surface area contributed by atoms with E-state index in [0.717, 1.165) is 11.1 Å². The summed E-state index contributed by atoms with van der Waals surface area (Å²) in [6.07, 6.45) is -4.85. The van der Waals surface area contributed by atoms with E-state index in [1.165, 1.54) is 18.2 Å². The Kier molecular flexibility index (Phi) is 4.14. The Morgan fingerprint density at radius 2 is 1.45 bits per heavy atom. The topological polar surface area (TPSA) is 17.1 Å². The van der Waals surface area contributed by atoms with Crippen LogP contribution in [0.5, 0.6) is 0 Å². The molecule has 0 saturated heterocycles. The number of rotatable bonds is 2. The Labute approximate surface area is 127 Å². The molecule has 0 heterocycles. The lowest BCUT2D eigenvalue weighted by atomic mass is 9.86. The number of hydrogen-bond donors (Lipinski definition) is 0. The van der Waals surface area contributed by atoms with Crippen molar-refractivity contribution in [3.8, 4) is 11.1 Å². The molecular formula is C18H17F3O. The van der Waals surface area contributed by atoms with Gasteiger partial charge >= 0.3 is 6.18 Å². The lowest BCUT2D eigenvalue weighted by Crippen LogP contribution is -2.22. The molecule has 0 N–H and O–H groups in total. The fraction of sp³-hybridized carbons (Fsp3) is 0.278. The summed E-state index contributed by atoms with van der Waals surface area (Å²) in [6, 6.07) is 13.2. The molecule has 4 heteroatoms. The molecule has 0 radical (unpaired) electrons. The van der Waals surface area contributed by atoms with Crippen LogP contribution in [-0.4, -0.2) is 12.0 Å². The van der Waals surface area contributed by atoms with Gasteiger partial charge in [-0.25, -0.2) is 0 Å². The van der Waals surface area contributed by atoms with Crippen molar-refractivity contribution in [3.63, 3.8) is 0 Å².